The Bertz CT molecular complexity index is 512. The molecule has 1 aromatic heterocycles. The second-order valence-corrected chi connectivity index (χ2v) is 4.42. The van der Waals surface area contributed by atoms with Crippen LogP contribution in [0.25, 0.3) is 0 Å². The fraction of sp³-hybridized carbons (Fsp3) is 0.333. The molecule has 4 nitrogen and oxygen atoms in total. The van der Waals surface area contributed by atoms with Gasteiger partial charge in [-0.1, -0.05) is 18.7 Å². The van der Waals surface area contributed by atoms with E-state index in [0.29, 0.717) is 25.1 Å². The van der Waals surface area contributed by atoms with Gasteiger partial charge in [-0.05, 0) is 13.8 Å². The normalized spacial score (nSPS) is 10.0. The van der Waals surface area contributed by atoms with Crippen LogP contribution >= 0.6 is 0 Å². The second kappa shape index (κ2) is 6.73. The summed E-state index contributed by atoms with van der Waals surface area (Å²) in [5, 5.41) is 2.80. The zero-order valence-corrected chi connectivity index (χ0v) is 11.7. The van der Waals surface area contributed by atoms with E-state index in [1.54, 1.807) is 6.92 Å². The van der Waals surface area contributed by atoms with E-state index in [0.717, 1.165) is 17.2 Å². The Balaban J connectivity index is 2.92. The van der Waals surface area contributed by atoms with Gasteiger partial charge in [0.1, 0.15) is 5.82 Å². The van der Waals surface area contributed by atoms with Gasteiger partial charge in [-0.2, -0.15) is 0 Å². The summed E-state index contributed by atoms with van der Waals surface area (Å²) in [5.74, 6) is 0.787. The van der Waals surface area contributed by atoms with E-state index in [1.165, 1.54) is 0 Å². The van der Waals surface area contributed by atoms with Crippen LogP contribution in [0.3, 0.4) is 0 Å². The smallest absolute Gasteiger partial charge is 0.246 e. The van der Waals surface area contributed by atoms with E-state index in [-0.39, 0.29) is 5.91 Å². The molecule has 1 heterocycles. The van der Waals surface area contributed by atoms with Gasteiger partial charge in [-0.3, -0.25) is 4.79 Å². The summed E-state index contributed by atoms with van der Waals surface area (Å²) in [7, 11) is 0. The fourth-order valence-corrected chi connectivity index (χ4v) is 1.79. The van der Waals surface area contributed by atoms with Crippen LogP contribution in [-0.4, -0.2) is 15.5 Å². The van der Waals surface area contributed by atoms with E-state index in [2.05, 4.69) is 34.6 Å². The number of carbonyl (C=O) groups is 1. The van der Waals surface area contributed by atoms with Gasteiger partial charge in [0.2, 0.25) is 5.91 Å². The Morgan fingerprint density at radius 2 is 2.11 bits per heavy atom. The van der Waals surface area contributed by atoms with Crippen LogP contribution in [0.5, 0.6) is 0 Å². The van der Waals surface area contributed by atoms with Crippen molar-refractivity contribution in [2.75, 3.05) is 0 Å². The summed E-state index contributed by atoms with van der Waals surface area (Å²) < 4.78 is 2.08. The van der Waals surface area contributed by atoms with E-state index in [4.69, 9.17) is 0 Å². The minimum absolute atomic E-state index is 0.150. The van der Waals surface area contributed by atoms with Crippen molar-refractivity contribution in [1.82, 2.24) is 14.9 Å². The Hall–Kier alpha value is -2.10. The number of amides is 1. The molecule has 0 radical (unpaired) electrons. The van der Waals surface area contributed by atoms with E-state index < -0.39 is 0 Å². The van der Waals surface area contributed by atoms with Crippen LogP contribution in [-0.2, 0) is 24.3 Å². The highest BCUT2D eigenvalue weighted by Crippen LogP contribution is 2.12. The maximum atomic E-state index is 11.5. The zero-order valence-electron chi connectivity index (χ0n) is 11.7. The number of carbonyl (C=O) groups excluding carboxylic acids is 1. The first-order chi connectivity index (χ1) is 9.01. The summed E-state index contributed by atoms with van der Waals surface area (Å²) in [6, 6.07) is 0. The minimum atomic E-state index is -0.150. The number of hydrogen-bond donors (Lipinski definition) is 1. The van der Waals surface area contributed by atoms with E-state index in [1.807, 2.05) is 19.1 Å². The lowest BCUT2D eigenvalue weighted by atomic mass is 10.3. The molecule has 0 aliphatic carbocycles. The highest BCUT2D eigenvalue weighted by atomic mass is 16.1. The number of allylic oxidation sites excluding steroid dienone is 2. The lowest BCUT2D eigenvalue weighted by Crippen LogP contribution is -2.23. The van der Waals surface area contributed by atoms with Crippen molar-refractivity contribution in [3.05, 3.63) is 54.7 Å². The molecule has 0 aromatic carbocycles. The van der Waals surface area contributed by atoms with Gasteiger partial charge in [0, 0.05) is 24.2 Å². The Morgan fingerprint density at radius 3 is 2.63 bits per heavy atom. The number of aromatic nitrogens is 2. The molecule has 1 rings (SSSR count). The average molecular weight is 259 g/mol. The fourth-order valence-electron chi connectivity index (χ4n) is 1.79. The molecule has 0 fully saturated rings. The first-order valence-electron chi connectivity index (χ1n) is 6.21. The maximum absolute atomic E-state index is 11.5. The number of imidazole rings is 1. The third kappa shape index (κ3) is 3.68. The van der Waals surface area contributed by atoms with Crippen LogP contribution in [0.15, 0.2) is 37.5 Å². The predicted molar refractivity (Wildman–Crippen MR) is 77.7 cm³/mol. The van der Waals surface area contributed by atoms with Gasteiger partial charge in [0.15, 0.2) is 0 Å². The van der Waals surface area contributed by atoms with Gasteiger partial charge >= 0.3 is 0 Å². The van der Waals surface area contributed by atoms with Gasteiger partial charge < -0.3 is 9.88 Å². The third-order valence-electron chi connectivity index (χ3n) is 2.84. The molecule has 1 N–H and O–H groups in total. The summed E-state index contributed by atoms with van der Waals surface area (Å²) in [6.07, 6.45) is 4.35. The maximum Gasteiger partial charge on any atom is 0.246 e. The molecule has 0 aliphatic rings. The molecule has 0 unspecified atom stereocenters. The molecule has 0 aliphatic heterocycles. The number of nitrogens with one attached hydrogen (secondary N) is 1. The van der Waals surface area contributed by atoms with Crippen molar-refractivity contribution in [2.24, 2.45) is 0 Å². The molecule has 0 saturated heterocycles. The van der Waals surface area contributed by atoms with Crippen molar-refractivity contribution in [3.63, 3.8) is 0 Å². The SMILES string of the molecule is C=CCc1nc(CNC(=O)C(=C)C)c(C)n1CC=C. The first-order valence-corrected chi connectivity index (χ1v) is 6.21. The topological polar surface area (TPSA) is 46.9 Å². The van der Waals surface area contributed by atoms with Crippen LogP contribution in [0.1, 0.15) is 24.1 Å². The minimum Gasteiger partial charge on any atom is -0.347 e. The van der Waals surface area contributed by atoms with Crippen molar-refractivity contribution < 1.29 is 4.79 Å². The molecule has 0 spiro atoms. The van der Waals surface area contributed by atoms with Crippen LogP contribution in [0.4, 0.5) is 0 Å². The first kappa shape index (κ1) is 15.0. The Morgan fingerprint density at radius 1 is 1.42 bits per heavy atom. The van der Waals surface area contributed by atoms with Crippen molar-refractivity contribution in [2.45, 2.75) is 33.4 Å². The molecular formula is C15H21N3O. The van der Waals surface area contributed by atoms with Gasteiger partial charge in [0.05, 0.1) is 12.2 Å². The number of nitrogens with zero attached hydrogens (tertiary/aromatic N) is 2. The summed E-state index contributed by atoms with van der Waals surface area (Å²) >= 11 is 0. The van der Waals surface area contributed by atoms with Gasteiger partial charge in [-0.15, -0.1) is 13.2 Å². The highest BCUT2D eigenvalue weighted by Gasteiger charge is 2.12. The Labute approximate surface area is 114 Å². The predicted octanol–water partition coefficient (Wildman–Crippen LogP) is 2.30. The number of hydrogen-bond acceptors (Lipinski definition) is 2. The molecule has 102 valence electrons. The van der Waals surface area contributed by atoms with E-state index >= 15 is 0 Å². The quantitative estimate of drug-likeness (QED) is 0.603. The molecule has 1 aromatic rings. The molecule has 0 atom stereocenters. The van der Waals surface area contributed by atoms with Crippen molar-refractivity contribution in [3.8, 4) is 0 Å². The number of rotatable bonds is 7. The molecular weight excluding hydrogens is 238 g/mol. The monoisotopic (exact) mass is 259 g/mol. The average Bonchev–Trinajstić information content (AvgIpc) is 2.65. The molecule has 19 heavy (non-hydrogen) atoms. The van der Waals surface area contributed by atoms with Crippen molar-refractivity contribution in [1.29, 1.82) is 0 Å². The molecule has 4 heteroatoms. The van der Waals surface area contributed by atoms with Gasteiger partial charge in [-0.25, -0.2) is 4.98 Å². The van der Waals surface area contributed by atoms with Crippen LogP contribution < -0.4 is 5.32 Å². The van der Waals surface area contributed by atoms with E-state index in [9.17, 15) is 4.79 Å². The third-order valence-corrected chi connectivity index (χ3v) is 2.84. The molecule has 0 bridgehead atoms. The highest BCUT2D eigenvalue weighted by molar-refractivity contribution is 5.91. The molecule has 1 amide bonds. The summed E-state index contributed by atoms with van der Waals surface area (Å²) in [6.45, 7) is 15.9. The summed E-state index contributed by atoms with van der Waals surface area (Å²) in [5.41, 5.74) is 2.40. The standard InChI is InChI=1S/C15H21N3O/c1-6-8-14-17-13(10-16-15(19)11(3)4)12(5)18(14)9-7-2/h6-7H,1-3,8-10H2,4-5H3,(H,16,19). The van der Waals surface area contributed by atoms with Gasteiger partial charge in [0.25, 0.3) is 0 Å². The summed E-state index contributed by atoms with van der Waals surface area (Å²) in [4.78, 5) is 16.0. The zero-order chi connectivity index (χ0) is 14.4. The van der Waals surface area contributed by atoms with Crippen molar-refractivity contribution >= 4 is 5.91 Å². The largest absolute Gasteiger partial charge is 0.347 e. The van der Waals surface area contributed by atoms with Crippen LogP contribution in [0.2, 0.25) is 0 Å². The molecule has 0 saturated carbocycles. The Kier molecular flexibility index (Phi) is 5.30. The lowest BCUT2D eigenvalue weighted by molar-refractivity contribution is -0.117. The second-order valence-electron chi connectivity index (χ2n) is 4.42. The lowest BCUT2D eigenvalue weighted by Gasteiger charge is -2.06. The van der Waals surface area contributed by atoms with Crippen LogP contribution in [0, 0.1) is 6.92 Å².